The van der Waals surface area contributed by atoms with Crippen molar-refractivity contribution in [2.75, 3.05) is 19.6 Å². The van der Waals surface area contributed by atoms with E-state index in [0.717, 1.165) is 67.5 Å². The minimum Gasteiger partial charge on any atom is -0.303 e. The van der Waals surface area contributed by atoms with E-state index < -0.39 is 0 Å². The van der Waals surface area contributed by atoms with E-state index >= 15 is 0 Å². The van der Waals surface area contributed by atoms with Gasteiger partial charge in [0, 0.05) is 19.0 Å². The fourth-order valence-corrected chi connectivity index (χ4v) is 4.98. The van der Waals surface area contributed by atoms with Crippen molar-refractivity contribution in [2.24, 2.45) is 0 Å². The number of fused-ring (bicyclic) bond motifs is 1. The third-order valence-corrected chi connectivity index (χ3v) is 6.79. The number of benzene rings is 3. The molecule has 0 amide bonds. The Morgan fingerprint density at radius 3 is 2.06 bits per heavy atom. The average molecular weight is 447 g/mol. The van der Waals surface area contributed by atoms with Gasteiger partial charge in [-0.15, -0.1) is 5.10 Å². The lowest BCUT2D eigenvalue weighted by Crippen LogP contribution is -2.35. The van der Waals surface area contributed by atoms with Crippen molar-refractivity contribution in [1.29, 1.82) is 0 Å². The van der Waals surface area contributed by atoms with Crippen LogP contribution in [0.15, 0.2) is 72.8 Å². The van der Waals surface area contributed by atoms with Crippen molar-refractivity contribution in [1.82, 2.24) is 19.9 Å². The number of halogens is 2. The molecule has 0 aliphatic carbocycles. The predicted molar refractivity (Wildman–Crippen MR) is 126 cm³/mol. The maximum Gasteiger partial charge on any atom is 0.123 e. The van der Waals surface area contributed by atoms with Crippen LogP contribution in [0.25, 0.3) is 11.0 Å². The lowest BCUT2D eigenvalue weighted by Gasteiger charge is -2.32. The molecule has 5 rings (SSSR count). The van der Waals surface area contributed by atoms with Gasteiger partial charge in [0.05, 0.1) is 11.6 Å². The van der Waals surface area contributed by atoms with Gasteiger partial charge in [-0.25, -0.2) is 13.5 Å². The molecule has 1 aromatic heterocycles. The van der Waals surface area contributed by atoms with Crippen molar-refractivity contribution < 1.29 is 8.78 Å². The molecule has 33 heavy (non-hydrogen) atoms. The van der Waals surface area contributed by atoms with Gasteiger partial charge in [0.1, 0.15) is 17.2 Å². The molecule has 0 N–H and O–H groups in total. The number of piperidine rings is 1. The van der Waals surface area contributed by atoms with Crippen molar-refractivity contribution in [3.05, 3.63) is 95.6 Å². The molecule has 1 saturated heterocycles. The number of hydrogen-bond donors (Lipinski definition) is 0. The highest BCUT2D eigenvalue weighted by atomic mass is 19.1. The summed E-state index contributed by atoms with van der Waals surface area (Å²) in [4.78, 5) is 2.52. The molecule has 0 saturated carbocycles. The first-order valence-corrected chi connectivity index (χ1v) is 11.7. The van der Waals surface area contributed by atoms with E-state index in [1.54, 1.807) is 0 Å². The van der Waals surface area contributed by atoms with Crippen LogP contribution in [-0.2, 0) is 0 Å². The summed E-state index contributed by atoms with van der Waals surface area (Å²) in [5.41, 5.74) is 4.20. The van der Waals surface area contributed by atoms with Crippen LogP contribution in [0.5, 0.6) is 0 Å². The van der Waals surface area contributed by atoms with Crippen LogP contribution in [0.3, 0.4) is 0 Å². The number of hydrogen-bond acceptors (Lipinski definition) is 3. The third kappa shape index (κ3) is 4.96. The Balaban J connectivity index is 1.19. The summed E-state index contributed by atoms with van der Waals surface area (Å²) >= 11 is 0. The number of para-hydroxylation sites is 1. The first-order valence-electron chi connectivity index (χ1n) is 11.7. The van der Waals surface area contributed by atoms with Crippen molar-refractivity contribution in [3.8, 4) is 0 Å². The zero-order valence-electron chi connectivity index (χ0n) is 18.6. The molecule has 6 heteroatoms. The van der Waals surface area contributed by atoms with Gasteiger partial charge in [0.25, 0.3) is 0 Å². The Kier molecular flexibility index (Phi) is 6.44. The topological polar surface area (TPSA) is 34.0 Å². The molecule has 1 aliphatic rings. The zero-order chi connectivity index (χ0) is 22.6. The van der Waals surface area contributed by atoms with Crippen LogP contribution in [0.1, 0.15) is 48.8 Å². The molecule has 0 spiro atoms. The van der Waals surface area contributed by atoms with Gasteiger partial charge in [-0.2, -0.15) is 0 Å². The van der Waals surface area contributed by atoms with Gasteiger partial charge in [-0.1, -0.05) is 41.6 Å². The number of rotatable bonds is 7. The second kappa shape index (κ2) is 9.79. The Morgan fingerprint density at radius 2 is 1.42 bits per heavy atom. The summed E-state index contributed by atoms with van der Waals surface area (Å²) < 4.78 is 29.0. The van der Waals surface area contributed by atoms with Crippen LogP contribution in [0.4, 0.5) is 8.78 Å². The maximum atomic E-state index is 13.5. The summed E-state index contributed by atoms with van der Waals surface area (Å²) in [7, 11) is 0. The molecule has 1 fully saturated rings. The van der Waals surface area contributed by atoms with Crippen molar-refractivity contribution in [2.45, 2.75) is 37.6 Å². The maximum absolute atomic E-state index is 13.5. The summed E-state index contributed by atoms with van der Waals surface area (Å²) in [5, 5.41) is 8.71. The summed E-state index contributed by atoms with van der Waals surface area (Å²) in [6, 6.07) is 21.9. The largest absolute Gasteiger partial charge is 0.303 e. The summed E-state index contributed by atoms with van der Waals surface area (Å²) in [5.74, 6) is -0.343. The number of likely N-dealkylation sites (tertiary alicyclic amines) is 1. The molecule has 4 aromatic rings. The lowest BCUT2D eigenvalue weighted by molar-refractivity contribution is 0.178. The normalized spacial score (nSPS) is 15.5. The second-order valence-corrected chi connectivity index (χ2v) is 8.89. The highest BCUT2D eigenvalue weighted by Gasteiger charge is 2.23. The molecule has 2 heterocycles. The smallest absolute Gasteiger partial charge is 0.123 e. The van der Waals surface area contributed by atoms with E-state index in [2.05, 4.69) is 26.0 Å². The molecule has 0 bridgehead atoms. The van der Waals surface area contributed by atoms with E-state index in [9.17, 15) is 8.78 Å². The van der Waals surface area contributed by atoms with E-state index in [1.165, 1.54) is 24.3 Å². The Labute approximate surface area is 192 Å². The van der Waals surface area contributed by atoms with Crippen LogP contribution in [0, 0.1) is 11.6 Å². The standard InChI is InChI=1S/C27H28F2N4/c28-22-11-7-20(8-12-22)25(21-9-13-23(29)14-10-21)4-3-17-32-18-15-24(16-19-32)33-27-6-2-1-5-26(27)30-31-33/h1-2,5-14,24-25H,3-4,15-19H2. The van der Waals surface area contributed by atoms with Crippen molar-refractivity contribution >= 4 is 11.0 Å². The SMILES string of the molecule is Fc1ccc(C(CCCN2CCC(n3nnc4ccccc43)CC2)c2ccc(F)cc2)cc1. The average Bonchev–Trinajstić information content (AvgIpc) is 3.28. The number of aromatic nitrogens is 3. The highest BCUT2D eigenvalue weighted by molar-refractivity contribution is 5.73. The molecule has 4 nitrogen and oxygen atoms in total. The second-order valence-electron chi connectivity index (χ2n) is 8.89. The molecule has 170 valence electrons. The van der Waals surface area contributed by atoms with E-state index in [-0.39, 0.29) is 17.6 Å². The first kappa shape index (κ1) is 21.7. The van der Waals surface area contributed by atoms with Crippen molar-refractivity contribution in [3.63, 3.8) is 0 Å². The predicted octanol–water partition coefficient (Wildman–Crippen LogP) is 5.96. The van der Waals surface area contributed by atoms with Gasteiger partial charge >= 0.3 is 0 Å². The van der Waals surface area contributed by atoms with Gasteiger partial charge < -0.3 is 4.90 Å². The zero-order valence-corrected chi connectivity index (χ0v) is 18.6. The molecule has 0 radical (unpaired) electrons. The Hall–Kier alpha value is -3.12. The van der Waals surface area contributed by atoms with Crippen LogP contribution < -0.4 is 0 Å². The lowest BCUT2D eigenvalue weighted by atomic mass is 9.87. The molecular weight excluding hydrogens is 418 g/mol. The van der Waals surface area contributed by atoms with E-state index in [0.29, 0.717) is 6.04 Å². The molecule has 0 atom stereocenters. The van der Waals surface area contributed by atoms with Crippen LogP contribution in [-0.4, -0.2) is 39.5 Å². The molecule has 0 unspecified atom stereocenters. The van der Waals surface area contributed by atoms with Gasteiger partial charge in [0.2, 0.25) is 0 Å². The summed E-state index contributed by atoms with van der Waals surface area (Å²) in [6.45, 7) is 3.09. The van der Waals surface area contributed by atoms with Crippen LogP contribution in [0.2, 0.25) is 0 Å². The minimum atomic E-state index is -0.236. The number of nitrogens with zero attached hydrogens (tertiary/aromatic N) is 4. The Morgan fingerprint density at radius 1 is 0.818 bits per heavy atom. The van der Waals surface area contributed by atoms with Gasteiger partial charge in [0.15, 0.2) is 0 Å². The van der Waals surface area contributed by atoms with E-state index in [1.807, 2.05) is 42.5 Å². The molecule has 1 aliphatic heterocycles. The van der Waals surface area contributed by atoms with Gasteiger partial charge in [-0.3, -0.25) is 0 Å². The van der Waals surface area contributed by atoms with Crippen LogP contribution >= 0.6 is 0 Å². The fraction of sp³-hybridized carbons (Fsp3) is 0.333. The molecule has 3 aromatic carbocycles. The fourth-order valence-electron chi connectivity index (χ4n) is 4.98. The third-order valence-electron chi connectivity index (χ3n) is 6.79. The minimum absolute atomic E-state index is 0.130. The van der Waals surface area contributed by atoms with Gasteiger partial charge in [-0.05, 0) is 79.8 Å². The Bertz CT molecular complexity index is 1130. The van der Waals surface area contributed by atoms with E-state index in [4.69, 9.17) is 0 Å². The first-order chi connectivity index (χ1) is 16.2. The monoisotopic (exact) mass is 446 g/mol. The highest BCUT2D eigenvalue weighted by Crippen LogP contribution is 2.31. The summed E-state index contributed by atoms with van der Waals surface area (Å²) in [6.07, 6.45) is 4.08. The quantitative estimate of drug-likeness (QED) is 0.351. The molecular formula is C27H28F2N4.